The molecule has 17 heavy (non-hydrogen) atoms. The minimum Gasteiger partial charge on any atom is -0.375 e. The van der Waals surface area contributed by atoms with Gasteiger partial charge in [0.2, 0.25) is 5.91 Å². The highest BCUT2D eigenvalue weighted by Gasteiger charge is 2.29. The fraction of sp³-hybridized carbons (Fsp3) is 0.462. The molecule has 1 fully saturated rings. The van der Waals surface area contributed by atoms with Crippen molar-refractivity contribution in [1.29, 1.82) is 0 Å². The lowest BCUT2D eigenvalue weighted by molar-refractivity contribution is -0.122. The minimum absolute atomic E-state index is 0.124. The summed E-state index contributed by atoms with van der Waals surface area (Å²) in [6.07, 6.45) is 1.83. The number of halogens is 1. The third kappa shape index (κ3) is 3.20. The summed E-state index contributed by atoms with van der Waals surface area (Å²) in [5, 5.41) is 3.57. The lowest BCUT2D eigenvalue weighted by Crippen LogP contribution is -2.30. The highest BCUT2D eigenvalue weighted by molar-refractivity contribution is 6.31. The van der Waals surface area contributed by atoms with Gasteiger partial charge >= 0.3 is 0 Å². The highest BCUT2D eigenvalue weighted by atomic mass is 35.5. The van der Waals surface area contributed by atoms with E-state index in [1.54, 1.807) is 7.11 Å². The van der Waals surface area contributed by atoms with Crippen LogP contribution in [-0.2, 0) is 9.53 Å². The van der Waals surface area contributed by atoms with E-state index in [2.05, 4.69) is 5.32 Å². The van der Waals surface area contributed by atoms with Crippen molar-refractivity contribution >= 4 is 17.5 Å². The monoisotopic (exact) mass is 253 g/mol. The van der Waals surface area contributed by atoms with Gasteiger partial charge in [-0.1, -0.05) is 29.8 Å². The molecule has 0 aromatic heterocycles. The Morgan fingerprint density at radius 2 is 2.24 bits per heavy atom. The number of amides is 1. The fourth-order valence-corrected chi connectivity index (χ4v) is 2.00. The largest absolute Gasteiger partial charge is 0.375 e. The average molecular weight is 254 g/mol. The number of benzene rings is 1. The van der Waals surface area contributed by atoms with Gasteiger partial charge in [-0.05, 0) is 18.9 Å². The van der Waals surface area contributed by atoms with Gasteiger partial charge in [0.15, 0.2) is 0 Å². The first-order valence-corrected chi connectivity index (χ1v) is 6.15. The maximum atomic E-state index is 11.5. The van der Waals surface area contributed by atoms with E-state index in [0.29, 0.717) is 11.6 Å². The van der Waals surface area contributed by atoms with Crippen molar-refractivity contribution in [2.24, 2.45) is 5.92 Å². The predicted octanol–water partition coefficient (Wildman–Crippen LogP) is 2.55. The zero-order valence-corrected chi connectivity index (χ0v) is 10.5. The third-order valence-corrected chi connectivity index (χ3v) is 3.29. The summed E-state index contributed by atoms with van der Waals surface area (Å²) in [7, 11) is 1.62. The molecule has 1 aliphatic rings. The predicted molar refractivity (Wildman–Crippen MR) is 66.9 cm³/mol. The molecule has 0 spiro atoms. The van der Waals surface area contributed by atoms with E-state index in [9.17, 15) is 4.79 Å². The van der Waals surface area contributed by atoms with E-state index in [4.69, 9.17) is 16.3 Å². The lowest BCUT2D eigenvalue weighted by Gasteiger charge is -2.17. The first-order valence-electron chi connectivity index (χ1n) is 5.77. The van der Waals surface area contributed by atoms with E-state index < -0.39 is 0 Å². The number of hydrogen-bond donors (Lipinski definition) is 1. The van der Waals surface area contributed by atoms with Gasteiger partial charge in [-0.15, -0.1) is 0 Å². The molecule has 1 aliphatic carbocycles. The smallest absolute Gasteiger partial charge is 0.223 e. The molecule has 0 bridgehead atoms. The maximum Gasteiger partial charge on any atom is 0.223 e. The summed E-state index contributed by atoms with van der Waals surface area (Å²) >= 11 is 6.10. The van der Waals surface area contributed by atoms with Crippen LogP contribution in [0.4, 0.5) is 0 Å². The summed E-state index contributed by atoms with van der Waals surface area (Å²) in [6, 6.07) is 7.53. The average Bonchev–Trinajstić information content (AvgIpc) is 3.15. The zero-order valence-electron chi connectivity index (χ0n) is 9.78. The molecule has 1 aromatic carbocycles. The molecule has 2 rings (SSSR count). The van der Waals surface area contributed by atoms with E-state index in [1.165, 1.54) is 0 Å². The Bertz CT molecular complexity index is 404. The molecule has 3 nitrogen and oxygen atoms in total. The van der Waals surface area contributed by atoms with Crippen molar-refractivity contribution in [3.8, 4) is 0 Å². The Balaban J connectivity index is 1.96. The maximum absolute atomic E-state index is 11.5. The van der Waals surface area contributed by atoms with Gasteiger partial charge in [-0.2, -0.15) is 0 Å². The summed E-state index contributed by atoms with van der Waals surface area (Å²) in [5.41, 5.74) is 0.910. The molecule has 0 heterocycles. The second kappa shape index (κ2) is 5.52. The Hall–Kier alpha value is -1.06. The van der Waals surface area contributed by atoms with E-state index >= 15 is 0 Å². The van der Waals surface area contributed by atoms with Crippen LogP contribution in [0.1, 0.15) is 24.5 Å². The Morgan fingerprint density at radius 3 is 2.82 bits per heavy atom. The SMILES string of the molecule is CO[C@@H](CNC(=O)C1CC1)c1ccccc1Cl. The molecule has 1 amide bonds. The zero-order chi connectivity index (χ0) is 12.3. The van der Waals surface area contributed by atoms with Gasteiger partial charge in [0.05, 0.1) is 0 Å². The van der Waals surface area contributed by atoms with Gasteiger partial charge in [-0.3, -0.25) is 4.79 Å². The van der Waals surface area contributed by atoms with Crippen LogP contribution in [0.5, 0.6) is 0 Å². The number of carbonyl (C=O) groups is 1. The number of ether oxygens (including phenoxy) is 1. The van der Waals surface area contributed by atoms with Crippen LogP contribution in [-0.4, -0.2) is 19.6 Å². The normalized spacial score (nSPS) is 16.6. The van der Waals surface area contributed by atoms with E-state index in [0.717, 1.165) is 18.4 Å². The Kier molecular flexibility index (Phi) is 4.02. The third-order valence-electron chi connectivity index (χ3n) is 2.95. The summed E-state index contributed by atoms with van der Waals surface area (Å²) in [5.74, 6) is 0.345. The molecule has 1 aromatic rings. The van der Waals surface area contributed by atoms with Gasteiger partial charge in [-0.25, -0.2) is 0 Å². The minimum atomic E-state index is -0.189. The topological polar surface area (TPSA) is 38.3 Å². The highest BCUT2D eigenvalue weighted by Crippen LogP contribution is 2.29. The molecular weight excluding hydrogens is 238 g/mol. The van der Waals surface area contributed by atoms with Gasteiger partial charge in [0.1, 0.15) is 6.10 Å². The second-order valence-corrected chi connectivity index (χ2v) is 4.67. The van der Waals surface area contributed by atoms with Crippen LogP contribution in [0.15, 0.2) is 24.3 Å². The number of hydrogen-bond acceptors (Lipinski definition) is 2. The molecule has 0 aliphatic heterocycles. The standard InChI is InChI=1S/C13H16ClNO2/c1-17-12(8-15-13(16)9-6-7-9)10-4-2-3-5-11(10)14/h2-5,9,12H,6-8H2,1H3,(H,15,16)/t12-/m0/s1. The van der Waals surface area contributed by atoms with Gasteiger partial charge in [0.25, 0.3) is 0 Å². The van der Waals surface area contributed by atoms with Crippen LogP contribution in [0.2, 0.25) is 5.02 Å². The van der Waals surface area contributed by atoms with E-state index in [-0.39, 0.29) is 17.9 Å². The molecule has 0 saturated heterocycles. The molecular formula is C13H16ClNO2. The van der Waals surface area contributed by atoms with Crippen LogP contribution >= 0.6 is 11.6 Å². The summed E-state index contributed by atoms with van der Waals surface area (Å²) in [6.45, 7) is 0.468. The van der Waals surface area contributed by atoms with E-state index in [1.807, 2.05) is 24.3 Å². The second-order valence-electron chi connectivity index (χ2n) is 4.27. The van der Waals surface area contributed by atoms with Crippen molar-refractivity contribution < 1.29 is 9.53 Å². The molecule has 4 heteroatoms. The van der Waals surface area contributed by atoms with Crippen LogP contribution in [0, 0.1) is 5.92 Å². The van der Waals surface area contributed by atoms with Crippen LogP contribution < -0.4 is 5.32 Å². The number of nitrogens with one attached hydrogen (secondary N) is 1. The molecule has 1 N–H and O–H groups in total. The van der Waals surface area contributed by atoms with Crippen molar-refractivity contribution in [2.75, 3.05) is 13.7 Å². The van der Waals surface area contributed by atoms with Gasteiger partial charge in [0, 0.05) is 30.2 Å². The van der Waals surface area contributed by atoms with Crippen LogP contribution in [0.25, 0.3) is 0 Å². The number of methoxy groups -OCH3 is 1. The van der Waals surface area contributed by atoms with Crippen molar-refractivity contribution in [3.05, 3.63) is 34.9 Å². The Morgan fingerprint density at radius 1 is 1.53 bits per heavy atom. The quantitative estimate of drug-likeness (QED) is 0.876. The van der Waals surface area contributed by atoms with Crippen molar-refractivity contribution in [3.63, 3.8) is 0 Å². The first kappa shape index (κ1) is 12.4. The van der Waals surface area contributed by atoms with Crippen LogP contribution in [0.3, 0.4) is 0 Å². The molecule has 1 atom stereocenters. The summed E-state index contributed by atoms with van der Waals surface area (Å²) in [4.78, 5) is 11.5. The Labute approximate surface area is 106 Å². The van der Waals surface area contributed by atoms with Crippen molar-refractivity contribution in [2.45, 2.75) is 18.9 Å². The number of rotatable bonds is 5. The molecule has 1 saturated carbocycles. The lowest BCUT2D eigenvalue weighted by atomic mass is 10.1. The fourth-order valence-electron chi connectivity index (χ4n) is 1.74. The molecule has 0 unspecified atom stereocenters. The molecule has 92 valence electrons. The van der Waals surface area contributed by atoms with Crippen molar-refractivity contribution in [1.82, 2.24) is 5.32 Å². The summed E-state index contributed by atoms with van der Waals surface area (Å²) < 4.78 is 5.37. The molecule has 0 radical (unpaired) electrons. The number of carbonyl (C=O) groups excluding carboxylic acids is 1. The van der Waals surface area contributed by atoms with Gasteiger partial charge < -0.3 is 10.1 Å². The first-order chi connectivity index (χ1) is 8.22.